The highest BCUT2D eigenvalue weighted by Gasteiger charge is 2.14. The van der Waals surface area contributed by atoms with Crippen molar-refractivity contribution in [3.63, 3.8) is 0 Å². The van der Waals surface area contributed by atoms with Gasteiger partial charge in [0.05, 0.1) is 11.1 Å². The SMILES string of the molecule is CNC(=O)c1cc(C(=O)O)cc(C(=O)O)c1. The molecular weight excluding hydrogens is 214 g/mol. The molecule has 0 radical (unpaired) electrons. The zero-order valence-electron chi connectivity index (χ0n) is 8.35. The molecule has 0 spiro atoms. The van der Waals surface area contributed by atoms with Crippen LogP contribution in [0.1, 0.15) is 31.1 Å². The van der Waals surface area contributed by atoms with E-state index in [0.717, 1.165) is 18.2 Å². The van der Waals surface area contributed by atoms with E-state index >= 15 is 0 Å². The van der Waals surface area contributed by atoms with Crippen LogP contribution in [0.25, 0.3) is 0 Å². The second-order valence-electron chi connectivity index (χ2n) is 2.99. The monoisotopic (exact) mass is 223 g/mol. The normalized spacial score (nSPS) is 9.56. The number of carboxylic acids is 2. The summed E-state index contributed by atoms with van der Waals surface area (Å²) >= 11 is 0. The fraction of sp³-hybridized carbons (Fsp3) is 0.100. The average Bonchev–Trinajstić information content (AvgIpc) is 2.27. The lowest BCUT2D eigenvalue weighted by atomic mass is 10.1. The fourth-order valence-corrected chi connectivity index (χ4v) is 1.15. The zero-order chi connectivity index (χ0) is 12.3. The molecule has 3 N–H and O–H groups in total. The van der Waals surface area contributed by atoms with Gasteiger partial charge in [-0.05, 0) is 18.2 Å². The Labute approximate surface area is 90.5 Å². The van der Waals surface area contributed by atoms with Crippen molar-refractivity contribution in [2.24, 2.45) is 0 Å². The molecule has 0 aliphatic carbocycles. The van der Waals surface area contributed by atoms with Crippen molar-refractivity contribution in [2.45, 2.75) is 0 Å². The molecule has 0 fully saturated rings. The summed E-state index contributed by atoms with van der Waals surface area (Å²) < 4.78 is 0. The molecule has 16 heavy (non-hydrogen) atoms. The van der Waals surface area contributed by atoms with Gasteiger partial charge >= 0.3 is 11.9 Å². The summed E-state index contributed by atoms with van der Waals surface area (Å²) in [5, 5.41) is 19.8. The Balaban J connectivity index is 3.35. The molecule has 84 valence electrons. The van der Waals surface area contributed by atoms with Gasteiger partial charge in [-0.25, -0.2) is 9.59 Å². The van der Waals surface area contributed by atoms with Crippen molar-refractivity contribution >= 4 is 17.8 Å². The van der Waals surface area contributed by atoms with E-state index in [1.807, 2.05) is 0 Å². The second kappa shape index (κ2) is 4.43. The van der Waals surface area contributed by atoms with E-state index in [-0.39, 0.29) is 16.7 Å². The Bertz CT molecular complexity index is 434. The number of rotatable bonds is 3. The van der Waals surface area contributed by atoms with Crippen LogP contribution in [0, 0.1) is 0 Å². The Hall–Kier alpha value is -2.37. The van der Waals surface area contributed by atoms with Gasteiger partial charge in [0.15, 0.2) is 0 Å². The van der Waals surface area contributed by atoms with Crippen LogP contribution >= 0.6 is 0 Å². The minimum absolute atomic E-state index is 0.000185. The van der Waals surface area contributed by atoms with E-state index in [4.69, 9.17) is 10.2 Å². The van der Waals surface area contributed by atoms with Crippen molar-refractivity contribution in [2.75, 3.05) is 7.05 Å². The van der Waals surface area contributed by atoms with Crippen LogP contribution < -0.4 is 5.32 Å². The predicted molar refractivity (Wildman–Crippen MR) is 53.8 cm³/mol. The Kier molecular flexibility index (Phi) is 3.24. The maximum Gasteiger partial charge on any atom is 0.335 e. The molecule has 1 aromatic carbocycles. The van der Waals surface area contributed by atoms with Crippen LogP contribution in [-0.4, -0.2) is 35.1 Å². The van der Waals surface area contributed by atoms with E-state index in [1.165, 1.54) is 7.05 Å². The number of nitrogens with one attached hydrogen (secondary N) is 1. The summed E-state index contributed by atoms with van der Waals surface area (Å²) in [4.78, 5) is 32.7. The third-order valence-corrected chi connectivity index (χ3v) is 1.92. The van der Waals surface area contributed by atoms with Gasteiger partial charge in [0.2, 0.25) is 0 Å². The Morgan fingerprint density at radius 3 is 1.62 bits per heavy atom. The molecule has 1 rings (SSSR count). The van der Waals surface area contributed by atoms with Crippen LogP contribution in [0.15, 0.2) is 18.2 Å². The maximum atomic E-state index is 11.3. The van der Waals surface area contributed by atoms with Crippen molar-refractivity contribution < 1.29 is 24.6 Å². The quantitative estimate of drug-likeness (QED) is 0.689. The first-order valence-corrected chi connectivity index (χ1v) is 4.29. The average molecular weight is 223 g/mol. The molecule has 0 aliphatic rings. The lowest BCUT2D eigenvalue weighted by Gasteiger charge is -2.03. The predicted octanol–water partition coefficient (Wildman–Crippen LogP) is 0.443. The van der Waals surface area contributed by atoms with Crippen LogP contribution in [0.3, 0.4) is 0 Å². The van der Waals surface area contributed by atoms with Gasteiger partial charge in [0, 0.05) is 12.6 Å². The summed E-state index contributed by atoms with van der Waals surface area (Å²) in [6, 6.07) is 3.23. The molecule has 0 atom stereocenters. The van der Waals surface area contributed by atoms with Gasteiger partial charge in [-0.3, -0.25) is 4.79 Å². The maximum absolute atomic E-state index is 11.3. The molecule has 0 saturated carbocycles. The number of hydrogen-bond acceptors (Lipinski definition) is 3. The van der Waals surface area contributed by atoms with E-state index in [1.54, 1.807) is 0 Å². The van der Waals surface area contributed by atoms with Crippen molar-refractivity contribution in [3.05, 3.63) is 34.9 Å². The minimum Gasteiger partial charge on any atom is -0.478 e. The molecule has 0 saturated heterocycles. The van der Waals surface area contributed by atoms with E-state index in [2.05, 4.69) is 5.32 Å². The van der Waals surface area contributed by atoms with Crippen molar-refractivity contribution in [3.8, 4) is 0 Å². The summed E-state index contributed by atoms with van der Waals surface area (Å²) in [5.41, 5.74) is -0.475. The molecule has 0 heterocycles. The smallest absolute Gasteiger partial charge is 0.335 e. The fourth-order valence-electron chi connectivity index (χ4n) is 1.15. The molecule has 1 aromatic rings. The van der Waals surface area contributed by atoms with Gasteiger partial charge in [0.1, 0.15) is 0 Å². The second-order valence-corrected chi connectivity index (χ2v) is 2.99. The molecule has 0 bridgehead atoms. The highest BCUT2D eigenvalue weighted by atomic mass is 16.4. The van der Waals surface area contributed by atoms with Crippen LogP contribution in [-0.2, 0) is 0 Å². The largest absolute Gasteiger partial charge is 0.478 e. The van der Waals surface area contributed by atoms with Crippen LogP contribution in [0.4, 0.5) is 0 Å². The topological polar surface area (TPSA) is 104 Å². The number of aromatic carboxylic acids is 2. The molecular formula is C10H9NO5. The van der Waals surface area contributed by atoms with E-state index in [0.29, 0.717) is 0 Å². The highest BCUT2D eigenvalue weighted by molar-refractivity contribution is 6.01. The number of carbonyl (C=O) groups is 3. The summed E-state index contributed by atoms with van der Waals surface area (Å²) in [7, 11) is 1.37. The minimum atomic E-state index is -1.28. The van der Waals surface area contributed by atoms with Gasteiger partial charge in [-0.2, -0.15) is 0 Å². The Morgan fingerprint density at radius 2 is 1.31 bits per heavy atom. The van der Waals surface area contributed by atoms with Crippen molar-refractivity contribution in [1.82, 2.24) is 5.32 Å². The molecule has 0 unspecified atom stereocenters. The highest BCUT2D eigenvalue weighted by Crippen LogP contribution is 2.11. The lowest BCUT2D eigenvalue weighted by molar-refractivity contribution is 0.0696. The van der Waals surface area contributed by atoms with E-state index in [9.17, 15) is 14.4 Å². The van der Waals surface area contributed by atoms with Gasteiger partial charge in [-0.1, -0.05) is 0 Å². The number of carbonyl (C=O) groups excluding carboxylic acids is 1. The van der Waals surface area contributed by atoms with Gasteiger partial charge < -0.3 is 15.5 Å². The summed E-state index contributed by atoms with van der Waals surface area (Å²) in [5.74, 6) is -3.10. The summed E-state index contributed by atoms with van der Waals surface area (Å²) in [6.45, 7) is 0. The molecule has 6 nitrogen and oxygen atoms in total. The third kappa shape index (κ3) is 2.35. The summed E-state index contributed by atoms with van der Waals surface area (Å²) in [6.07, 6.45) is 0. The Morgan fingerprint density at radius 1 is 0.938 bits per heavy atom. The number of carboxylic acid groups (broad SMARTS) is 2. The van der Waals surface area contributed by atoms with Crippen LogP contribution in [0.2, 0.25) is 0 Å². The van der Waals surface area contributed by atoms with E-state index < -0.39 is 17.8 Å². The molecule has 0 aliphatic heterocycles. The number of amides is 1. The van der Waals surface area contributed by atoms with Crippen LogP contribution in [0.5, 0.6) is 0 Å². The van der Waals surface area contributed by atoms with Crippen molar-refractivity contribution in [1.29, 1.82) is 0 Å². The molecule has 1 amide bonds. The number of benzene rings is 1. The van der Waals surface area contributed by atoms with Gasteiger partial charge in [0.25, 0.3) is 5.91 Å². The third-order valence-electron chi connectivity index (χ3n) is 1.92. The molecule has 6 heteroatoms. The first-order valence-electron chi connectivity index (χ1n) is 4.29. The standard InChI is InChI=1S/C10H9NO5/c1-11-8(12)5-2-6(9(13)14)4-7(3-5)10(15)16/h2-4H,1H3,(H,11,12)(H,13,14)(H,15,16). The first kappa shape index (κ1) is 11.7. The first-order chi connectivity index (χ1) is 7.45. The van der Waals surface area contributed by atoms with Gasteiger partial charge in [-0.15, -0.1) is 0 Å². The lowest BCUT2D eigenvalue weighted by Crippen LogP contribution is -2.19. The number of hydrogen-bond donors (Lipinski definition) is 3. The molecule has 0 aromatic heterocycles. The zero-order valence-corrected chi connectivity index (χ0v) is 8.35.